The number of benzene rings is 2. The number of hydrogen-bond acceptors (Lipinski definition) is 2. The van der Waals surface area contributed by atoms with Gasteiger partial charge in [-0.25, -0.2) is 8.78 Å². The lowest BCUT2D eigenvalue weighted by Gasteiger charge is -2.06. The third-order valence-corrected chi connectivity index (χ3v) is 3.63. The fourth-order valence-corrected chi connectivity index (χ4v) is 2.29. The summed E-state index contributed by atoms with van der Waals surface area (Å²) in [5.74, 6) is -0.625. The third kappa shape index (κ3) is 4.35. The van der Waals surface area contributed by atoms with Crippen molar-refractivity contribution < 1.29 is 13.6 Å². The molecular weight excluding hydrogens is 280 g/mol. The van der Waals surface area contributed by atoms with Gasteiger partial charge in [0.25, 0.3) is 0 Å². The van der Waals surface area contributed by atoms with Gasteiger partial charge in [-0.2, -0.15) is 0 Å². The van der Waals surface area contributed by atoms with Gasteiger partial charge in [-0.1, -0.05) is 18.2 Å². The van der Waals surface area contributed by atoms with E-state index in [0.717, 1.165) is 4.90 Å². The minimum absolute atomic E-state index is 0.162. The highest BCUT2D eigenvalue weighted by atomic mass is 32.2. The first kappa shape index (κ1) is 14.5. The van der Waals surface area contributed by atoms with Crippen molar-refractivity contribution in [1.29, 1.82) is 0 Å². The predicted octanol–water partition coefficient (Wildman–Crippen LogP) is 3.37. The maximum absolute atomic E-state index is 13.3. The van der Waals surface area contributed by atoms with Crippen molar-refractivity contribution >= 4 is 17.7 Å². The highest BCUT2D eigenvalue weighted by molar-refractivity contribution is 8.00. The first-order valence-electron chi connectivity index (χ1n) is 6.03. The van der Waals surface area contributed by atoms with Gasteiger partial charge in [-0.3, -0.25) is 4.79 Å². The van der Waals surface area contributed by atoms with Crippen molar-refractivity contribution in [3.8, 4) is 0 Å². The summed E-state index contributed by atoms with van der Waals surface area (Å²) < 4.78 is 26.0. The summed E-state index contributed by atoms with van der Waals surface area (Å²) >= 11 is 1.30. The lowest BCUT2D eigenvalue weighted by atomic mass is 10.2. The van der Waals surface area contributed by atoms with Crippen molar-refractivity contribution in [1.82, 2.24) is 5.32 Å². The molecule has 2 aromatic rings. The molecular formula is C15H13F2NOS. The van der Waals surface area contributed by atoms with E-state index >= 15 is 0 Å². The summed E-state index contributed by atoms with van der Waals surface area (Å²) in [6.45, 7) is 0.162. The van der Waals surface area contributed by atoms with E-state index in [2.05, 4.69) is 5.32 Å². The fourth-order valence-electron chi connectivity index (χ4n) is 1.57. The van der Waals surface area contributed by atoms with Crippen LogP contribution < -0.4 is 5.32 Å². The van der Waals surface area contributed by atoms with Crippen molar-refractivity contribution in [3.05, 3.63) is 65.7 Å². The molecule has 0 aliphatic rings. The summed E-state index contributed by atoms with van der Waals surface area (Å²) in [7, 11) is 0. The van der Waals surface area contributed by atoms with Gasteiger partial charge in [0.15, 0.2) is 0 Å². The van der Waals surface area contributed by atoms with Crippen LogP contribution in [0.25, 0.3) is 0 Å². The number of nitrogens with one attached hydrogen (secondary N) is 1. The van der Waals surface area contributed by atoms with Gasteiger partial charge in [0.2, 0.25) is 5.91 Å². The second kappa shape index (κ2) is 7.05. The molecule has 0 unspecified atom stereocenters. The minimum Gasteiger partial charge on any atom is -0.351 e. The number of carbonyl (C=O) groups excluding carboxylic acids is 1. The third-order valence-electron chi connectivity index (χ3n) is 2.62. The van der Waals surface area contributed by atoms with Crippen molar-refractivity contribution in [3.63, 3.8) is 0 Å². The van der Waals surface area contributed by atoms with E-state index in [1.54, 1.807) is 30.3 Å². The molecule has 20 heavy (non-hydrogen) atoms. The highest BCUT2D eigenvalue weighted by Gasteiger charge is 2.05. The molecule has 0 bridgehead atoms. The zero-order chi connectivity index (χ0) is 14.4. The largest absolute Gasteiger partial charge is 0.351 e. The lowest BCUT2D eigenvalue weighted by molar-refractivity contribution is -0.118. The van der Waals surface area contributed by atoms with Gasteiger partial charge >= 0.3 is 0 Å². The average molecular weight is 293 g/mol. The number of thioether (sulfide) groups is 1. The molecule has 104 valence electrons. The molecule has 0 aliphatic carbocycles. The average Bonchev–Trinajstić information content (AvgIpc) is 2.46. The van der Waals surface area contributed by atoms with Gasteiger partial charge < -0.3 is 5.32 Å². The first-order chi connectivity index (χ1) is 9.65. The maximum atomic E-state index is 13.3. The van der Waals surface area contributed by atoms with Gasteiger partial charge in [-0.15, -0.1) is 11.8 Å². The molecule has 5 heteroatoms. The first-order valence-corrected chi connectivity index (χ1v) is 7.02. The minimum atomic E-state index is -0.334. The van der Waals surface area contributed by atoms with E-state index in [0.29, 0.717) is 5.56 Å². The molecule has 2 aromatic carbocycles. The number of rotatable bonds is 5. The Labute approximate surface area is 120 Å². The molecule has 0 saturated carbocycles. The Hall–Kier alpha value is -1.88. The van der Waals surface area contributed by atoms with Crippen molar-refractivity contribution in [2.45, 2.75) is 11.4 Å². The van der Waals surface area contributed by atoms with Crippen LogP contribution in [-0.2, 0) is 11.3 Å². The van der Waals surface area contributed by atoms with E-state index < -0.39 is 0 Å². The molecule has 0 atom stereocenters. The van der Waals surface area contributed by atoms with E-state index in [-0.39, 0.29) is 29.8 Å². The monoisotopic (exact) mass is 293 g/mol. The van der Waals surface area contributed by atoms with Crippen LogP contribution in [-0.4, -0.2) is 11.7 Å². The van der Waals surface area contributed by atoms with Crippen LogP contribution in [0.4, 0.5) is 8.78 Å². The number of amides is 1. The van der Waals surface area contributed by atoms with Crippen LogP contribution in [0.15, 0.2) is 53.4 Å². The lowest BCUT2D eigenvalue weighted by Crippen LogP contribution is -2.24. The molecule has 2 rings (SSSR count). The molecule has 0 saturated heterocycles. The molecule has 2 nitrogen and oxygen atoms in total. The van der Waals surface area contributed by atoms with Gasteiger partial charge in [0.1, 0.15) is 11.6 Å². The van der Waals surface area contributed by atoms with Gasteiger partial charge in [-0.05, 0) is 30.3 Å². The smallest absolute Gasteiger partial charge is 0.230 e. The quantitative estimate of drug-likeness (QED) is 0.856. The van der Waals surface area contributed by atoms with Crippen LogP contribution in [0.5, 0.6) is 0 Å². The molecule has 0 spiro atoms. The van der Waals surface area contributed by atoms with Crippen LogP contribution in [0.3, 0.4) is 0 Å². The number of halogens is 2. The molecule has 1 N–H and O–H groups in total. The Bertz CT molecular complexity index is 587. The van der Waals surface area contributed by atoms with Crippen LogP contribution >= 0.6 is 11.8 Å². The van der Waals surface area contributed by atoms with Crippen LogP contribution in [0, 0.1) is 11.6 Å². The normalized spacial score (nSPS) is 10.3. The van der Waals surface area contributed by atoms with Crippen LogP contribution in [0.1, 0.15) is 5.56 Å². The molecule has 0 aliphatic heterocycles. The molecule has 1 amide bonds. The Morgan fingerprint density at radius 3 is 2.45 bits per heavy atom. The highest BCUT2D eigenvalue weighted by Crippen LogP contribution is 2.17. The van der Waals surface area contributed by atoms with E-state index in [9.17, 15) is 13.6 Å². The second-order valence-corrected chi connectivity index (χ2v) is 5.16. The summed E-state index contributed by atoms with van der Waals surface area (Å²) in [5, 5.41) is 2.65. The maximum Gasteiger partial charge on any atom is 0.230 e. The molecule has 0 fully saturated rings. The molecule has 0 aromatic heterocycles. The molecule has 0 radical (unpaired) electrons. The number of carbonyl (C=O) groups is 1. The van der Waals surface area contributed by atoms with Crippen molar-refractivity contribution in [2.75, 3.05) is 5.75 Å². The summed E-state index contributed by atoms with van der Waals surface area (Å²) in [5.41, 5.74) is 0.452. The summed E-state index contributed by atoms with van der Waals surface area (Å²) in [6.07, 6.45) is 0. The van der Waals surface area contributed by atoms with Crippen LogP contribution in [0.2, 0.25) is 0 Å². The Morgan fingerprint density at radius 1 is 1.05 bits per heavy atom. The number of hydrogen-bond donors (Lipinski definition) is 1. The standard InChI is InChI=1S/C15H13F2NOS/c16-12-5-7-13(8-6-12)20-10-15(19)18-9-11-3-1-2-4-14(11)17/h1-8H,9-10H2,(H,18,19). The van der Waals surface area contributed by atoms with E-state index in [1.807, 2.05) is 0 Å². The predicted molar refractivity (Wildman–Crippen MR) is 75.4 cm³/mol. The second-order valence-electron chi connectivity index (χ2n) is 4.11. The Balaban J connectivity index is 1.78. The molecule has 0 heterocycles. The topological polar surface area (TPSA) is 29.1 Å². The van der Waals surface area contributed by atoms with Gasteiger partial charge in [0, 0.05) is 17.0 Å². The summed E-state index contributed by atoms with van der Waals surface area (Å²) in [6, 6.07) is 12.2. The fraction of sp³-hybridized carbons (Fsp3) is 0.133. The van der Waals surface area contributed by atoms with Gasteiger partial charge in [0.05, 0.1) is 5.75 Å². The SMILES string of the molecule is O=C(CSc1ccc(F)cc1)NCc1ccccc1F. The zero-order valence-corrected chi connectivity index (χ0v) is 11.4. The Morgan fingerprint density at radius 2 is 1.75 bits per heavy atom. The zero-order valence-electron chi connectivity index (χ0n) is 10.6. The summed E-state index contributed by atoms with van der Waals surface area (Å²) in [4.78, 5) is 12.5. The Kier molecular flexibility index (Phi) is 5.12. The van der Waals surface area contributed by atoms with E-state index in [1.165, 1.54) is 30.0 Å². The van der Waals surface area contributed by atoms with E-state index in [4.69, 9.17) is 0 Å². The van der Waals surface area contributed by atoms with Crippen molar-refractivity contribution in [2.24, 2.45) is 0 Å².